The van der Waals surface area contributed by atoms with Gasteiger partial charge in [0.25, 0.3) is 0 Å². The van der Waals surface area contributed by atoms with Gasteiger partial charge < -0.3 is 4.52 Å². The van der Waals surface area contributed by atoms with E-state index in [9.17, 15) is 0 Å². The number of likely N-dealkylation sites (tertiary alicyclic amines) is 1. The van der Waals surface area contributed by atoms with Crippen LogP contribution in [0.1, 0.15) is 31.2 Å². The first-order chi connectivity index (χ1) is 12.3. The van der Waals surface area contributed by atoms with Crippen LogP contribution in [0.5, 0.6) is 0 Å². The summed E-state index contributed by atoms with van der Waals surface area (Å²) < 4.78 is 7.37. The first-order valence-corrected chi connectivity index (χ1v) is 8.80. The lowest BCUT2D eigenvalue weighted by Crippen LogP contribution is -2.32. The SMILES string of the molecule is CCc1ccc(-c2noc(CN3CCC[C@@H]3Cn3cncn3)n2)cc1. The van der Waals surface area contributed by atoms with Crippen LogP contribution in [0.15, 0.2) is 41.4 Å². The van der Waals surface area contributed by atoms with Crippen molar-refractivity contribution in [3.05, 3.63) is 48.4 Å². The molecule has 7 heteroatoms. The second-order valence-corrected chi connectivity index (χ2v) is 6.45. The van der Waals surface area contributed by atoms with Crippen molar-refractivity contribution in [2.75, 3.05) is 6.54 Å². The third-order valence-electron chi connectivity index (χ3n) is 4.79. The van der Waals surface area contributed by atoms with E-state index in [1.807, 2.05) is 4.68 Å². The molecule has 0 bridgehead atoms. The molecule has 0 spiro atoms. The summed E-state index contributed by atoms with van der Waals surface area (Å²) in [6.45, 7) is 4.72. The summed E-state index contributed by atoms with van der Waals surface area (Å²) >= 11 is 0. The normalized spacial score (nSPS) is 18.0. The minimum Gasteiger partial charge on any atom is -0.338 e. The van der Waals surface area contributed by atoms with E-state index in [1.54, 1.807) is 12.7 Å². The molecule has 0 aliphatic carbocycles. The molecule has 0 unspecified atom stereocenters. The first-order valence-electron chi connectivity index (χ1n) is 8.80. The highest BCUT2D eigenvalue weighted by Gasteiger charge is 2.26. The van der Waals surface area contributed by atoms with E-state index in [1.165, 1.54) is 12.0 Å². The van der Waals surface area contributed by atoms with Gasteiger partial charge in [-0.05, 0) is 31.4 Å². The summed E-state index contributed by atoms with van der Waals surface area (Å²) in [7, 11) is 0. The van der Waals surface area contributed by atoms with Crippen LogP contribution in [0.4, 0.5) is 0 Å². The van der Waals surface area contributed by atoms with Gasteiger partial charge in [-0.3, -0.25) is 9.58 Å². The summed E-state index contributed by atoms with van der Waals surface area (Å²) in [4.78, 5) is 11.0. The molecule has 1 atom stereocenters. The summed E-state index contributed by atoms with van der Waals surface area (Å²) in [5.41, 5.74) is 2.30. The minimum absolute atomic E-state index is 0.431. The molecule has 1 aliphatic rings. The average Bonchev–Trinajstić information content (AvgIpc) is 3.39. The number of nitrogens with zero attached hydrogens (tertiary/aromatic N) is 6. The summed E-state index contributed by atoms with van der Waals surface area (Å²) in [6, 6.07) is 8.76. The predicted molar refractivity (Wildman–Crippen MR) is 92.6 cm³/mol. The molecule has 25 heavy (non-hydrogen) atoms. The summed E-state index contributed by atoms with van der Waals surface area (Å²) in [5.74, 6) is 1.32. The molecular weight excluding hydrogens is 316 g/mol. The van der Waals surface area contributed by atoms with Gasteiger partial charge in [-0.15, -0.1) is 0 Å². The fourth-order valence-electron chi connectivity index (χ4n) is 3.35. The third kappa shape index (κ3) is 3.61. The number of benzene rings is 1. The highest BCUT2D eigenvalue weighted by Crippen LogP contribution is 2.22. The lowest BCUT2D eigenvalue weighted by atomic mass is 10.1. The molecule has 130 valence electrons. The second-order valence-electron chi connectivity index (χ2n) is 6.45. The third-order valence-corrected chi connectivity index (χ3v) is 4.79. The lowest BCUT2D eigenvalue weighted by Gasteiger charge is -2.22. The average molecular weight is 338 g/mol. The summed E-state index contributed by atoms with van der Waals surface area (Å²) in [6.07, 6.45) is 6.70. The van der Waals surface area contributed by atoms with Crippen LogP contribution in [0, 0.1) is 0 Å². The largest absolute Gasteiger partial charge is 0.338 e. The molecule has 1 aromatic carbocycles. The molecule has 4 rings (SSSR count). The number of aromatic nitrogens is 5. The predicted octanol–water partition coefficient (Wildman–Crippen LogP) is 2.56. The molecule has 1 saturated heterocycles. The Kier molecular flexibility index (Phi) is 4.56. The van der Waals surface area contributed by atoms with E-state index in [0.717, 1.165) is 31.5 Å². The monoisotopic (exact) mass is 338 g/mol. The van der Waals surface area contributed by atoms with Crippen molar-refractivity contribution >= 4 is 0 Å². The van der Waals surface area contributed by atoms with Crippen molar-refractivity contribution in [1.29, 1.82) is 0 Å². The molecule has 0 N–H and O–H groups in total. The molecule has 1 aliphatic heterocycles. The summed E-state index contributed by atoms with van der Waals surface area (Å²) in [5, 5.41) is 8.35. The minimum atomic E-state index is 0.431. The Morgan fingerprint density at radius 1 is 1.24 bits per heavy atom. The van der Waals surface area contributed by atoms with Crippen LogP contribution in [0.3, 0.4) is 0 Å². The smallest absolute Gasteiger partial charge is 0.241 e. The number of aryl methyl sites for hydroxylation is 1. The first kappa shape index (κ1) is 16.0. The van der Waals surface area contributed by atoms with Gasteiger partial charge in [-0.2, -0.15) is 10.1 Å². The van der Waals surface area contributed by atoms with E-state index in [-0.39, 0.29) is 0 Å². The van der Waals surface area contributed by atoms with Crippen molar-refractivity contribution in [3.63, 3.8) is 0 Å². The van der Waals surface area contributed by atoms with Gasteiger partial charge in [0.15, 0.2) is 0 Å². The maximum Gasteiger partial charge on any atom is 0.241 e. The van der Waals surface area contributed by atoms with Gasteiger partial charge in [0.1, 0.15) is 12.7 Å². The molecular formula is C18H22N6O. The Labute approximate surface area is 146 Å². The Hall–Kier alpha value is -2.54. The van der Waals surface area contributed by atoms with Crippen molar-refractivity contribution < 1.29 is 4.52 Å². The van der Waals surface area contributed by atoms with E-state index < -0.39 is 0 Å². The van der Waals surface area contributed by atoms with Crippen LogP contribution >= 0.6 is 0 Å². The van der Waals surface area contributed by atoms with Gasteiger partial charge >= 0.3 is 0 Å². The Bertz CT molecular complexity index is 795. The highest BCUT2D eigenvalue weighted by molar-refractivity contribution is 5.54. The molecule has 3 aromatic rings. The van der Waals surface area contributed by atoms with Gasteiger partial charge in [-0.25, -0.2) is 4.98 Å². The molecule has 0 amide bonds. The van der Waals surface area contributed by atoms with Crippen molar-refractivity contribution in [1.82, 2.24) is 29.8 Å². The highest BCUT2D eigenvalue weighted by atomic mass is 16.5. The van der Waals surface area contributed by atoms with Crippen molar-refractivity contribution in [2.24, 2.45) is 0 Å². The molecule has 0 saturated carbocycles. The quantitative estimate of drug-likeness (QED) is 0.688. The zero-order valence-corrected chi connectivity index (χ0v) is 14.4. The van der Waals surface area contributed by atoms with Crippen molar-refractivity contribution in [3.8, 4) is 11.4 Å². The molecule has 2 aromatic heterocycles. The van der Waals surface area contributed by atoms with E-state index in [0.29, 0.717) is 24.3 Å². The maximum atomic E-state index is 5.48. The van der Waals surface area contributed by atoms with Gasteiger partial charge in [-0.1, -0.05) is 36.3 Å². The molecule has 0 radical (unpaired) electrons. The number of hydrogen-bond acceptors (Lipinski definition) is 6. The van der Waals surface area contributed by atoms with Gasteiger partial charge in [0.05, 0.1) is 13.1 Å². The maximum absolute atomic E-state index is 5.48. The molecule has 1 fully saturated rings. The Balaban J connectivity index is 1.43. The van der Waals surface area contributed by atoms with Gasteiger partial charge in [0.2, 0.25) is 11.7 Å². The van der Waals surface area contributed by atoms with Crippen molar-refractivity contribution in [2.45, 2.75) is 45.3 Å². The van der Waals surface area contributed by atoms with E-state index in [2.05, 4.69) is 56.3 Å². The number of hydrogen-bond donors (Lipinski definition) is 0. The van der Waals surface area contributed by atoms with Crippen LogP contribution in [0.25, 0.3) is 11.4 Å². The fraction of sp³-hybridized carbons (Fsp3) is 0.444. The zero-order chi connectivity index (χ0) is 17.1. The fourth-order valence-corrected chi connectivity index (χ4v) is 3.35. The van der Waals surface area contributed by atoms with Crippen LogP contribution in [-0.2, 0) is 19.5 Å². The lowest BCUT2D eigenvalue weighted by molar-refractivity contribution is 0.192. The van der Waals surface area contributed by atoms with Gasteiger partial charge in [0, 0.05) is 11.6 Å². The Morgan fingerprint density at radius 2 is 2.12 bits per heavy atom. The van der Waals surface area contributed by atoms with Crippen LogP contribution in [0.2, 0.25) is 0 Å². The Morgan fingerprint density at radius 3 is 2.88 bits per heavy atom. The zero-order valence-electron chi connectivity index (χ0n) is 14.4. The number of rotatable bonds is 6. The van der Waals surface area contributed by atoms with Crippen LogP contribution in [-0.4, -0.2) is 42.4 Å². The van der Waals surface area contributed by atoms with E-state index >= 15 is 0 Å². The van der Waals surface area contributed by atoms with E-state index in [4.69, 9.17) is 4.52 Å². The second kappa shape index (κ2) is 7.14. The molecule has 3 heterocycles. The topological polar surface area (TPSA) is 72.9 Å². The van der Waals surface area contributed by atoms with Crippen LogP contribution < -0.4 is 0 Å². The molecule has 7 nitrogen and oxygen atoms in total. The standard InChI is InChI=1S/C18H22N6O/c1-2-14-5-7-15(8-6-14)18-21-17(25-22-18)11-23-9-3-4-16(23)10-24-13-19-12-20-24/h5-8,12-13,16H,2-4,9-11H2,1H3/t16-/m1/s1.